The van der Waals surface area contributed by atoms with Gasteiger partial charge in [-0.1, -0.05) is 6.92 Å². The Morgan fingerprint density at radius 1 is 1.38 bits per heavy atom. The Bertz CT molecular complexity index is 252. The fourth-order valence-corrected chi connectivity index (χ4v) is 1.74. The van der Waals surface area contributed by atoms with Crippen LogP contribution in [0.3, 0.4) is 0 Å². The number of halogens is 1. The highest BCUT2D eigenvalue weighted by Crippen LogP contribution is 2.21. The number of hydrogen-bond acceptors (Lipinski definition) is 5. The van der Waals surface area contributed by atoms with E-state index in [2.05, 4.69) is 5.32 Å². The maximum Gasteiger partial charge on any atom is 0.235 e. The van der Waals surface area contributed by atoms with E-state index in [1.807, 2.05) is 0 Å². The van der Waals surface area contributed by atoms with Crippen LogP contribution in [0.5, 0.6) is 0 Å². The minimum absolute atomic E-state index is 0.288. The lowest BCUT2D eigenvalue weighted by Gasteiger charge is -2.40. The molecule has 0 aromatic carbocycles. The molecule has 5 atom stereocenters. The van der Waals surface area contributed by atoms with Gasteiger partial charge in [0.25, 0.3) is 0 Å². The summed E-state index contributed by atoms with van der Waals surface area (Å²) in [6, 6.07) is -1.07. The number of ether oxygens (including phenoxy) is 1. The van der Waals surface area contributed by atoms with Gasteiger partial charge in [0.05, 0.1) is 6.10 Å². The first-order valence-corrected chi connectivity index (χ1v) is 5.59. The van der Waals surface area contributed by atoms with Crippen LogP contribution in [0.4, 0.5) is 0 Å². The number of carbonyl (C=O) groups excluding carboxylic acids is 1. The lowest BCUT2D eigenvalue weighted by atomic mass is 9.95. The van der Waals surface area contributed by atoms with E-state index in [0.29, 0.717) is 6.42 Å². The van der Waals surface area contributed by atoms with Crippen molar-refractivity contribution in [2.45, 2.75) is 44.0 Å². The van der Waals surface area contributed by atoms with E-state index in [-0.39, 0.29) is 5.88 Å². The molecule has 1 heterocycles. The standard InChI is InChI=1S/C9H16ClNO5/c1-2-4-7(13)8(14)6(9(15)16-4)11-5(12)3-10/h4,6-9,13-15H,2-3H2,1H3,(H,11,12)/t4?,6?,7?,8-,9-/m1/s1. The van der Waals surface area contributed by atoms with E-state index in [4.69, 9.17) is 16.3 Å². The van der Waals surface area contributed by atoms with Crippen LogP contribution in [-0.2, 0) is 9.53 Å². The Kier molecular flexibility index (Phi) is 4.94. The van der Waals surface area contributed by atoms with Crippen LogP contribution < -0.4 is 5.32 Å². The highest BCUT2D eigenvalue weighted by Gasteiger charge is 2.43. The molecule has 0 aliphatic carbocycles. The number of aliphatic hydroxyl groups is 3. The molecule has 6 nitrogen and oxygen atoms in total. The van der Waals surface area contributed by atoms with E-state index < -0.39 is 36.6 Å². The zero-order valence-corrected chi connectivity index (χ0v) is 9.59. The average Bonchev–Trinajstić information content (AvgIpc) is 2.28. The molecule has 1 aliphatic rings. The summed E-state index contributed by atoms with van der Waals surface area (Å²) >= 11 is 5.28. The Hall–Kier alpha value is -0.400. The topological polar surface area (TPSA) is 99.0 Å². The molecule has 4 N–H and O–H groups in total. The molecule has 0 aromatic heterocycles. The van der Waals surface area contributed by atoms with Crippen LogP contribution in [0.25, 0.3) is 0 Å². The van der Waals surface area contributed by atoms with Crippen molar-refractivity contribution in [1.82, 2.24) is 5.32 Å². The molecule has 1 aliphatic heterocycles. The Morgan fingerprint density at radius 3 is 2.50 bits per heavy atom. The molecule has 0 aromatic rings. The lowest BCUT2D eigenvalue weighted by Crippen LogP contribution is -2.63. The third-order valence-corrected chi connectivity index (χ3v) is 2.81. The highest BCUT2D eigenvalue weighted by molar-refractivity contribution is 6.27. The minimum Gasteiger partial charge on any atom is -0.388 e. The summed E-state index contributed by atoms with van der Waals surface area (Å²) in [6.07, 6.45) is -3.97. The van der Waals surface area contributed by atoms with Crippen molar-refractivity contribution in [2.75, 3.05) is 5.88 Å². The summed E-state index contributed by atoms with van der Waals surface area (Å²) in [4.78, 5) is 11.0. The van der Waals surface area contributed by atoms with Gasteiger partial charge in [0.2, 0.25) is 5.91 Å². The van der Waals surface area contributed by atoms with Crippen molar-refractivity contribution in [3.05, 3.63) is 0 Å². The predicted octanol–water partition coefficient (Wildman–Crippen LogP) is -1.44. The van der Waals surface area contributed by atoms with Gasteiger partial charge in [-0.15, -0.1) is 11.6 Å². The van der Waals surface area contributed by atoms with Crippen LogP contribution in [-0.4, -0.2) is 57.8 Å². The van der Waals surface area contributed by atoms with Crippen LogP contribution in [0.2, 0.25) is 0 Å². The zero-order valence-electron chi connectivity index (χ0n) is 8.84. The van der Waals surface area contributed by atoms with Crippen molar-refractivity contribution in [2.24, 2.45) is 0 Å². The van der Waals surface area contributed by atoms with Crippen molar-refractivity contribution in [3.63, 3.8) is 0 Å². The van der Waals surface area contributed by atoms with Crippen LogP contribution >= 0.6 is 11.6 Å². The van der Waals surface area contributed by atoms with Crippen LogP contribution in [0.1, 0.15) is 13.3 Å². The van der Waals surface area contributed by atoms with E-state index in [1.165, 1.54) is 0 Å². The minimum atomic E-state index is -1.35. The van der Waals surface area contributed by atoms with E-state index in [1.54, 1.807) is 6.92 Å². The molecule has 1 rings (SSSR count). The number of alkyl halides is 1. The highest BCUT2D eigenvalue weighted by atomic mass is 35.5. The Labute approximate surface area is 98.2 Å². The first-order chi connectivity index (χ1) is 7.51. The van der Waals surface area contributed by atoms with Crippen LogP contribution in [0, 0.1) is 0 Å². The van der Waals surface area contributed by atoms with Gasteiger partial charge in [-0.3, -0.25) is 4.79 Å². The Balaban J connectivity index is 2.67. The third kappa shape index (κ3) is 2.83. The molecule has 1 saturated heterocycles. The maximum absolute atomic E-state index is 11.0. The normalized spacial score (nSPS) is 39.4. The molecular weight excluding hydrogens is 238 g/mol. The number of hydrogen-bond donors (Lipinski definition) is 4. The molecule has 94 valence electrons. The molecule has 1 fully saturated rings. The van der Waals surface area contributed by atoms with Gasteiger partial charge in [0.1, 0.15) is 24.1 Å². The number of nitrogens with one attached hydrogen (secondary N) is 1. The van der Waals surface area contributed by atoms with Crippen molar-refractivity contribution in [1.29, 1.82) is 0 Å². The summed E-state index contributed by atoms with van der Waals surface area (Å²) in [5.74, 6) is -0.834. The molecule has 3 unspecified atom stereocenters. The molecule has 0 bridgehead atoms. The van der Waals surface area contributed by atoms with E-state index in [0.717, 1.165) is 0 Å². The fraction of sp³-hybridized carbons (Fsp3) is 0.889. The summed E-state index contributed by atoms with van der Waals surface area (Å²) in [6.45, 7) is 1.75. The number of rotatable bonds is 3. The van der Waals surface area contributed by atoms with Crippen molar-refractivity contribution < 1.29 is 24.9 Å². The number of aliphatic hydroxyl groups excluding tert-OH is 3. The van der Waals surface area contributed by atoms with Gasteiger partial charge in [0.15, 0.2) is 6.29 Å². The monoisotopic (exact) mass is 253 g/mol. The Morgan fingerprint density at radius 2 is 2.00 bits per heavy atom. The second-order valence-corrected chi connectivity index (χ2v) is 3.95. The number of carbonyl (C=O) groups is 1. The SMILES string of the molecule is CCC1O[C@@H](O)C(NC(=O)CCl)[C@@H](O)C1O. The molecular formula is C9H16ClNO5. The summed E-state index contributed by atoms with van der Waals surface area (Å²) in [5, 5.41) is 31.2. The van der Waals surface area contributed by atoms with Gasteiger partial charge < -0.3 is 25.4 Å². The quantitative estimate of drug-likeness (QED) is 0.462. The van der Waals surface area contributed by atoms with Gasteiger partial charge in [0, 0.05) is 0 Å². The first-order valence-electron chi connectivity index (χ1n) is 5.06. The van der Waals surface area contributed by atoms with Gasteiger partial charge in [-0.05, 0) is 6.42 Å². The second kappa shape index (κ2) is 5.79. The molecule has 0 saturated carbocycles. The number of amides is 1. The van der Waals surface area contributed by atoms with E-state index >= 15 is 0 Å². The smallest absolute Gasteiger partial charge is 0.235 e. The van der Waals surface area contributed by atoms with E-state index in [9.17, 15) is 20.1 Å². The molecule has 0 spiro atoms. The molecule has 16 heavy (non-hydrogen) atoms. The first kappa shape index (κ1) is 13.7. The second-order valence-electron chi connectivity index (χ2n) is 3.68. The van der Waals surface area contributed by atoms with Gasteiger partial charge in [-0.2, -0.15) is 0 Å². The zero-order chi connectivity index (χ0) is 12.3. The molecule has 1 amide bonds. The largest absolute Gasteiger partial charge is 0.388 e. The predicted molar refractivity (Wildman–Crippen MR) is 55.8 cm³/mol. The lowest BCUT2D eigenvalue weighted by molar-refractivity contribution is -0.247. The average molecular weight is 254 g/mol. The van der Waals surface area contributed by atoms with Crippen LogP contribution in [0.15, 0.2) is 0 Å². The third-order valence-electron chi connectivity index (χ3n) is 2.57. The summed E-state index contributed by atoms with van der Waals surface area (Å²) in [7, 11) is 0. The fourth-order valence-electron chi connectivity index (χ4n) is 1.66. The van der Waals surface area contributed by atoms with Gasteiger partial charge >= 0.3 is 0 Å². The summed E-state index contributed by atoms with van der Waals surface area (Å²) < 4.78 is 5.06. The summed E-state index contributed by atoms with van der Waals surface area (Å²) in [5.41, 5.74) is 0. The maximum atomic E-state index is 11.0. The van der Waals surface area contributed by atoms with Crippen molar-refractivity contribution in [3.8, 4) is 0 Å². The van der Waals surface area contributed by atoms with Gasteiger partial charge in [-0.25, -0.2) is 0 Å². The molecule has 7 heteroatoms. The molecule has 0 radical (unpaired) electrons. The van der Waals surface area contributed by atoms with Crippen molar-refractivity contribution >= 4 is 17.5 Å².